The van der Waals surface area contributed by atoms with E-state index in [1.54, 1.807) is 13.0 Å². The molecular formula is C26H32F4N4O. The van der Waals surface area contributed by atoms with E-state index in [1.165, 1.54) is 18.2 Å². The zero-order valence-corrected chi connectivity index (χ0v) is 20.3. The predicted octanol–water partition coefficient (Wildman–Crippen LogP) is 5.55. The Morgan fingerprint density at radius 1 is 1.31 bits per heavy atom. The van der Waals surface area contributed by atoms with Gasteiger partial charge in [0.25, 0.3) is 0 Å². The van der Waals surface area contributed by atoms with Gasteiger partial charge in [0.05, 0.1) is 17.0 Å². The van der Waals surface area contributed by atoms with Crippen molar-refractivity contribution in [1.82, 2.24) is 20.5 Å². The molecule has 190 valence electrons. The number of nitrogens with one attached hydrogen (secondary N) is 2. The van der Waals surface area contributed by atoms with Crippen molar-refractivity contribution in [3.63, 3.8) is 0 Å². The molecule has 0 radical (unpaired) electrons. The van der Waals surface area contributed by atoms with E-state index in [0.29, 0.717) is 19.3 Å². The van der Waals surface area contributed by atoms with E-state index in [0.717, 1.165) is 12.8 Å². The second-order valence-corrected chi connectivity index (χ2v) is 8.76. The third-order valence-electron chi connectivity index (χ3n) is 5.38. The van der Waals surface area contributed by atoms with E-state index in [-0.39, 0.29) is 46.1 Å². The summed E-state index contributed by atoms with van der Waals surface area (Å²) in [6.07, 6.45) is 2.14. The van der Waals surface area contributed by atoms with Crippen LogP contribution in [0.5, 0.6) is 0 Å². The molecular weight excluding hydrogens is 460 g/mol. The quantitative estimate of drug-likeness (QED) is 0.376. The second kappa shape index (κ2) is 12.0. The highest BCUT2D eigenvalue weighted by molar-refractivity contribution is 5.83. The Bertz CT molecular complexity index is 1040. The number of allylic oxidation sites excluding steroid dienone is 1. The van der Waals surface area contributed by atoms with E-state index in [4.69, 9.17) is 0 Å². The molecule has 9 heteroatoms. The van der Waals surface area contributed by atoms with Crippen LogP contribution in [0.4, 0.5) is 17.6 Å². The fourth-order valence-electron chi connectivity index (χ4n) is 3.21. The van der Waals surface area contributed by atoms with Gasteiger partial charge in [-0.3, -0.25) is 4.79 Å². The summed E-state index contributed by atoms with van der Waals surface area (Å²) in [5.74, 6) is -0.0198. The lowest BCUT2D eigenvalue weighted by molar-refractivity contribution is -0.122. The van der Waals surface area contributed by atoms with Crippen LogP contribution in [0, 0.1) is 5.92 Å². The summed E-state index contributed by atoms with van der Waals surface area (Å²) < 4.78 is 54.1. The van der Waals surface area contributed by atoms with Gasteiger partial charge in [0.2, 0.25) is 5.91 Å². The monoisotopic (exact) mass is 492 g/mol. The molecule has 1 heterocycles. The molecule has 0 spiro atoms. The molecule has 1 unspecified atom stereocenters. The van der Waals surface area contributed by atoms with Gasteiger partial charge in [-0.25, -0.2) is 9.37 Å². The van der Waals surface area contributed by atoms with Crippen LogP contribution in [0.2, 0.25) is 0 Å². The van der Waals surface area contributed by atoms with Crippen LogP contribution < -0.4 is 10.6 Å². The van der Waals surface area contributed by atoms with Gasteiger partial charge in [-0.05, 0) is 46.0 Å². The lowest BCUT2D eigenvalue weighted by Crippen LogP contribution is -2.32. The van der Waals surface area contributed by atoms with Gasteiger partial charge in [-0.1, -0.05) is 31.9 Å². The molecule has 1 aromatic rings. The smallest absolute Gasteiger partial charge is 0.357 e. The molecule has 1 aromatic heterocycles. The van der Waals surface area contributed by atoms with Gasteiger partial charge in [-0.2, -0.15) is 13.2 Å². The Labute approximate surface area is 204 Å². The van der Waals surface area contributed by atoms with Crippen molar-refractivity contribution >= 4 is 29.3 Å². The van der Waals surface area contributed by atoms with Gasteiger partial charge < -0.3 is 15.5 Å². The maximum atomic E-state index is 13.6. The number of nitrogens with zero attached hydrogens (tertiary/aromatic N) is 2. The third-order valence-corrected chi connectivity index (χ3v) is 5.38. The highest BCUT2D eigenvalue weighted by Crippen LogP contribution is 2.36. The first-order chi connectivity index (χ1) is 16.4. The predicted molar refractivity (Wildman–Crippen MR) is 133 cm³/mol. The first kappa shape index (κ1) is 28.0. The molecule has 1 aliphatic rings. The summed E-state index contributed by atoms with van der Waals surface area (Å²) in [7, 11) is 3.68. The molecule has 35 heavy (non-hydrogen) atoms. The number of hydrogen-bond acceptors (Lipinski definition) is 4. The molecule has 0 bridgehead atoms. The summed E-state index contributed by atoms with van der Waals surface area (Å²) in [4.78, 5) is 18.0. The van der Waals surface area contributed by atoms with E-state index < -0.39 is 17.4 Å². The molecule has 2 N–H and O–H groups in total. The molecule has 2 rings (SSSR count). The highest BCUT2D eigenvalue weighted by atomic mass is 19.4. The molecule has 5 nitrogen and oxygen atoms in total. The van der Waals surface area contributed by atoms with Crippen LogP contribution in [-0.2, 0) is 4.79 Å². The SMILES string of the molecule is C=Cc1c(C(=C)N/C(=C\F)CCN(C)C)cc(/C=C/C(C)NC(=O)C2CC2)nc1C(=C)C(F)(F)F. The molecule has 1 amide bonds. The van der Waals surface area contributed by atoms with Crippen molar-refractivity contribution in [3.8, 4) is 0 Å². The zero-order chi connectivity index (χ0) is 26.3. The molecule has 1 fully saturated rings. The first-order valence-electron chi connectivity index (χ1n) is 11.2. The zero-order valence-electron chi connectivity index (χ0n) is 20.3. The van der Waals surface area contributed by atoms with Crippen LogP contribution in [0.3, 0.4) is 0 Å². The minimum absolute atomic E-state index is 0.0313. The Kier molecular flexibility index (Phi) is 9.59. The molecule has 0 aromatic carbocycles. The normalized spacial score (nSPS) is 15.3. The van der Waals surface area contributed by atoms with Gasteiger partial charge in [0.15, 0.2) is 0 Å². The van der Waals surface area contributed by atoms with E-state index in [2.05, 4.69) is 35.4 Å². The Morgan fingerprint density at radius 3 is 2.49 bits per heavy atom. The summed E-state index contributed by atoms with van der Waals surface area (Å²) in [6.45, 7) is 13.1. The maximum absolute atomic E-state index is 13.6. The van der Waals surface area contributed by atoms with Crippen LogP contribution in [-0.4, -0.2) is 48.6 Å². The van der Waals surface area contributed by atoms with Crippen molar-refractivity contribution in [2.45, 2.75) is 38.4 Å². The minimum atomic E-state index is -4.72. The van der Waals surface area contributed by atoms with E-state index in [9.17, 15) is 22.4 Å². The Balaban J connectivity index is 2.43. The van der Waals surface area contributed by atoms with Crippen molar-refractivity contribution in [3.05, 3.63) is 66.4 Å². The second-order valence-electron chi connectivity index (χ2n) is 8.76. The van der Waals surface area contributed by atoms with Crippen LogP contribution in [0.1, 0.15) is 48.7 Å². The number of halogens is 4. The molecule has 1 atom stereocenters. The van der Waals surface area contributed by atoms with Crippen LogP contribution in [0.25, 0.3) is 23.4 Å². The Morgan fingerprint density at radius 2 is 1.97 bits per heavy atom. The molecule has 1 aliphatic carbocycles. The lowest BCUT2D eigenvalue weighted by Gasteiger charge is -2.20. The van der Waals surface area contributed by atoms with Gasteiger partial charge in [0, 0.05) is 47.4 Å². The summed E-state index contributed by atoms with van der Waals surface area (Å²) >= 11 is 0. The van der Waals surface area contributed by atoms with Gasteiger partial charge >= 0.3 is 6.18 Å². The average molecular weight is 493 g/mol. The van der Waals surface area contributed by atoms with E-state index in [1.807, 2.05) is 19.0 Å². The molecule has 0 aliphatic heterocycles. The average Bonchev–Trinajstić information content (AvgIpc) is 3.63. The fourth-order valence-corrected chi connectivity index (χ4v) is 3.21. The Hall–Kier alpha value is -3.20. The summed E-state index contributed by atoms with van der Waals surface area (Å²) in [6, 6.07) is 1.18. The first-order valence-corrected chi connectivity index (χ1v) is 11.2. The molecule has 0 saturated heterocycles. The number of carbonyl (C=O) groups excluding carboxylic acids is 1. The highest BCUT2D eigenvalue weighted by Gasteiger charge is 2.35. The number of hydrogen-bond donors (Lipinski definition) is 2. The van der Waals surface area contributed by atoms with Crippen molar-refractivity contribution in [2.75, 3.05) is 20.6 Å². The number of carbonyl (C=O) groups is 1. The van der Waals surface area contributed by atoms with Crippen molar-refractivity contribution < 1.29 is 22.4 Å². The maximum Gasteiger partial charge on any atom is 0.417 e. The number of amides is 1. The fraction of sp³-hybridized carbons (Fsp3) is 0.385. The number of alkyl halides is 3. The topological polar surface area (TPSA) is 57.3 Å². The number of pyridine rings is 1. The number of aromatic nitrogens is 1. The largest absolute Gasteiger partial charge is 0.417 e. The summed E-state index contributed by atoms with van der Waals surface area (Å²) in [5, 5.41) is 5.69. The number of rotatable bonds is 12. The third kappa shape index (κ3) is 8.20. The summed E-state index contributed by atoms with van der Waals surface area (Å²) in [5.41, 5.74) is -0.592. The standard InChI is InChI=1S/C26H32F4N4O/c1-7-22-23(18(4)32-21(15-27)12-13-34(5)6)14-20(33-24(22)17(3)26(28,29)30)11-8-16(2)31-25(35)19-9-10-19/h7-8,11,14-16,19,32H,1,3-4,9-10,12-13H2,2,5-6H3,(H,31,35)/b11-8+,21-15-. The minimum Gasteiger partial charge on any atom is -0.357 e. The van der Waals surface area contributed by atoms with Gasteiger partial charge in [-0.15, -0.1) is 0 Å². The van der Waals surface area contributed by atoms with E-state index >= 15 is 0 Å². The lowest BCUT2D eigenvalue weighted by atomic mass is 9.98. The van der Waals surface area contributed by atoms with Crippen LogP contribution in [0.15, 0.2) is 43.9 Å². The van der Waals surface area contributed by atoms with Gasteiger partial charge in [0.1, 0.15) is 6.33 Å². The van der Waals surface area contributed by atoms with Crippen LogP contribution >= 0.6 is 0 Å². The van der Waals surface area contributed by atoms with Crippen molar-refractivity contribution in [1.29, 1.82) is 0 Å². The molecule has 1 saturated carbocycles. The van der Waals surface area contributed by atoms with Crippen molar-refractivity contribution in [2.24, 2.45) is 5.92 Å².